The average molecular weight is 348 g/mol. The highest BCUT2D eigenvalue weighted by atomic mass is 14.6. The summed E-state index contributed by atoms with van der Waals surface area (Å²) in [7, 11) is 0. The molecule has 0 unspecified atom stereocenters. The fourth-order valence-corrected chi connectivity index (χ4v) is 3.25. The van der Waals surface area contributed by atoms with Gasteiger partial charge in [-0.2, -0.15) is 0 Å². The number of para-hydroxylation sites is 1. The molecule has 2 heteroatoms. The molecule has 27 heavy (non-hydrogen) atoms. The van der Waals surface area contributed by atoms with E-state index in [4.69, 9.17) is 11.1 Å². The van der Waals surface area contributed by atoms with E-state index in [0.717, 1.165) is 33.4 Å². The van der Waals surface area contributed by atoms with E-state index in [2.05, 4.69) is 42.5 Å². The molecule has 0 atom stereocenters. The molecule has 2 nitrogen and oxygen atoms in total. The van der Waals surface area contributed by atoms with E-state index in [9.17, 15) is 0 Å². The zero-order valence-corrected chi connectivity index (χ0v) is 14.9. The molecule has 0 radical (unpaired) electrons. The summed E-state index contributed by atoms with van der Waals surface area (Å²) in [6, 6.07) is 34.4. The minimum atomic E-state index is 0.433. The molecular weight excluding hydrogens is 328 g/mol. The molecule has 0 saturated heterocycles. The quantitative estimate of drug-likeness (QED) is 0.344. The number of nitrogens with two attached hydrogens (primary N) is 1. The van der Waals surface area contributed by atoms with Crippen molar-refractivity contribution in [3.05, 3.63) is 114 Å². The summed E-state index contributed by atoms with van der Waals surface area (Å²) in [5, 5.41) is 8.75. The third kappa shape index (κ3) is 3.51. The maximum atomic E-state index is 8.75. The van der Waals surface area contributed by atoms with Gasteiger partial charge >= 0.3 is 0 Å². The summed E-state index contributed by atoms with van der Waals surface area (Å²) in [6.45, 7) is 0. The predicted octanol–water partition coefficient (Wildman–Crippen LogP) is 6.02. The number of anilines is 1. The van der Waals surface area contributed by atoms with Gasteiger partial charge in [-0.15, -0.1) is 0 Å². The van der Waals surface area contributed by atoms with Crippen molar-refractivity contribution in [3.8, 4) is 22.3 Å². The number of rotatable bonds is 4. The van der Waals surface area contributed by atoms with Crippen molar-refractivity contribution in [1.82, 2.24) is 0 Å². The second-order valence-electron chi connectivity index (χ2n) is 6.49. The molecule has 0 aliphatic rings. The Bertz CT molecular complexity index is 1030. The van der Waals surface area contributed by atoms with Crippen molar-refractivity contribution in [1.29, 1.82) is 5.41 Å². The van der Waals surface area contributed by atoms with Crippen LogP contribution < -0.4 is 5.73 Å². The van der Waals surface area contributed by atoms with Gasteiger partial charge in [0.25, 0.3) is 0 Å². The van der Waals surface area contributed by atoms with Crippen LogP contribution in [0.25, 0.3) is 22.3 Å². The first kappa shape index (κ1) is 16.8. The lowest BCUT2D eigenvalue weighted by molar-refractivity contribution is 1.45. The average Bonchev–Trinajstić information content (AvgIpc) is 2.74. The molecule has 0 aliphatic carbocycles. The Morgan fingerprint density at radius 3 is 1.56 bits per heavy atom. The Balaban J connectivity index is 1.89. The third-order valence-electron chi connectivity index (χ3n) is 4.67. The van der Waals surface area contributed by atoms with E-state index in [-0.39, 0.29) is 0 Å². The summed E-state index contributed by atoms with van der Waals surface area (Å²) in [5.74, 6) is 0. The summed E-state index contributed by atoms with van der Waals surface area (Å²) in [4.78, 5) is 0. The molecule has 0 fully saturated rings. The minimum absolute atomic E-state index is 0.433. The van der Waals surface area contributed by atoms with Crippen LogP contribution >= 0.6 is 0 Å². The summed E-state index contributed by atoms with van der Waals surface area (Å²) in [6.07, 6.45) is 0. The fourth-order valence-electron chi connectivity index (χ4n) is 3.25. The maximum Gasteiger partial charge on any atom is 0.0705 e. The van der Waals surface area contributed by atoms with Crippen LogP contribution in [-0.2, 0) is 0 Å². The van der Waals surface area contributed by atoms with E-state index in [0.29, 0.717) is 11.4 Å². The van der Waals surface area contributed by atoms with Gasteiger partial charge in [0.2, 0.25) is 0 Å². The first-order valence-electron chi connectivity index (χ1n) is 8.92. The summed E-state index contributed by atoms with van der Waals surface area (Å²) in [5.41, 5.74) is 13.2. The lowest BCUT2D eigenvalue weighted by atomic mass is 9.92. The minimum Gasteiger partial charge on any atom is -0.398 e. The molecule has 0 heterocycles. The van der Waals surface area contributed by atoms with Gasteiger partial charge in [-0.1, -0.05) is 78.9 Å². The molecule has 4 rings (SSSR count). The zero-order chi connectivity index (χ0) is 18.6. The highest BCUT2D eigenvalue weighted by molar-refractivity contribution is 6.14. The largest absolute Gasteiger partial charge is 0.398 e. The van der Waals surface area contributed by atoms with Crippen molar-refractivity contribution < 1.29 is 0 Å². The van der Waals surface area contributed by atoms with Crippen molar-refractivity contribution >= 4 is 11.4 Å². The van der Waals surface area contributed by atoms with Crippen LogP contribution in [0, 0.1) is 5.41 Å². The first-order valence-corrected chi connectivity index (χ1v) is 8.92. The smallest absolute Gasteiger partial charge is 0.0705 e. The summed E-state index contributed by atoms with van der Waals surface area (Å²) < 4.78 is 0. The molecule has 0 spiro atoms. The third-order valence-corrected chi connectivity index (χ3v) is 4.67. The highest BCUT2D eigenvalue weighted by Crippen LogP contribution is 2.30. The van der Waals surface area contributed by atoms with Gasteiger partial charge in [-0.3, -0.25) is 5.41 Å². The van der Waals surface area contributed by atoms with E-state index in [1.165, 1.54) is 0 Å². The molecule has 0 bridgehead atoms. The van der Waals surface area contributed by atoms with Crippen LogP contribution in [0.4, 0.5) is 5.69 Å². The van der Waals surface area contributed by atoms with Crippen molar-refractivity contribution in [2.45, 2.75) is 0 Å². The van der Waals surface area contributed by atoms with Crippen LogP contribution in [0.5, 0.6) is 0 Å². The fraction of sp³-hybridized carbons (Fsp3) is 0. The predicted molar refractivity (Wildman–Crippen MR) is 114 cm³/mol. The molecule has 0 saturated carbocycles. The Morgan fingerprint density at radius 2 is 1.04 bits per heavy atom. The van der Waals surface area contributed by atoms with E-state index >= 15 is 0 Å². The first-order chi connectivity index (χ1) is 13.2. The molecule has 4 aromatic rings. The molecular formula is C25H20N2. The molecule has 0 aromatic heterocycles. The van der Waals surface area contributed by atoms with Gasteiger partial charge in [0, 0.05) is 16.8 Å². The van der Waals surface area contributed by atoms with Gasteiger partial charge in [-0.25, -0.2) is 0 Å². The van der Waals surface area contributed by atoms with Crippen molar-refractivity contribution in [2.75, 3.05) is 5.73 Å². The van der Waals surface area contributed by atoms with Crippen LogP contribution in [0.3, 0.4) is 0 Å². The molecule has 0 aliphatic heterocycles. The highest BCUT2D eigenvalue weighted by Gasteiger charge is 2.12. The van der Waals surface area contributed by atoms with E-state index in [1.807, 2.05) is 60.7 Å². The standard InChI is InChI=1S/C25H20N2/c26-24-14-8-7-13-23(24)25(27)22-16-20(18-9-3-1-4-10-18)15-21(17-22)19-11-5-2-6-12-19/h1-17,27H,26H2. The second-order valence-corrected chi connectivity index (χ2v) is 6.49. The Morgan fingerprint density at radius 1 is 0.556 bits per heavy atom. The number of nitrogen functional groups attached to an aromatic ring is 1. The zero-order valence-electron chi connectivity index (χ0n) is 14.9. The van der Waals surface area contributed by atoms with Crippen LogP contribution in [0.2, 0.25) is 0 Å². The molecule has 4 aromatic carbocycles. The molecule has 130 valence electrons. The van der Waals surface area contributed by atoms with Crippen molar-refractivity contribution in [3.63, 3.8) is 0 Å². The monoisotopic (exact) mass is 348 g/mol. The Kier molecular flexibility index (Phi) is 4.54. The lowest BCUT2D eigenvalue weighted by Crippen LogP contribution is -2.05. The number of benzene rings is 4. The van der Waals surface area contributed by atoms with Gasteiger partial charge in [0.15, 0.2) is 0 Å². The van der Waals surface area contributed by atoms with Gasteiger partial charge in [-0.05, 0) is 46.5 Å². The van der Waals surface area contributed by atoms with Gasteiger partial charge in [0.05, 0.1) is 5.71 Å². The molecule has 3 N–H and O–H groups in total. The van der Waals surface area contributed by atoms with Gasteiger partial charge in [0.1, 0.15) is 0 Å². The number of hydrogen-bond acceptors (Lipinski definition) is 2. The number of hydrogen-bond donors (Lipinski definition) is 2. The van der Waals surface area contributed by atoms with E-state index < -0.39 is 0 Å². The van der Waals surface area contributed by atoms with Crippen LogP contribution in [0.1, 0.15) is 11.1 Å². The Hall–Kier alpha value is -3.65. The molecule has 0 amide bonds. The van der Waals surface area contributed by atoms with E-state index in [1.54, 1.807) is 0 Å². The Labute approximate surface area is 159 Å². The maximum absolute atomic E-state index is 8.75. The lowest BCUT2D eigenvalue weighted by Gasteiger charge is -2.13. The van der Waals surface area contributed by atoms with Crippen LogP contribution in [-0.4, -0.2) is 5.71 Å². The topological polar surface area (TPSA) is 49.9 Å². The SMILES string of the molecule is N=C(c1cc(-c2ccccc2)cc(-c2ccccc2)c1)c1ccccc1N. The normalized spacial score (nSPS) is 10.5. The van der Waals surface area contributed by atoms with Crippen LogP contribution in [0.15, 0.2) is 103 Å². The number of nitrogens with one attached hydrogen (secondary N) is 1. The summed E-state index contributed by atoms with van der Waals surface area (Å²) >= 11 is 0. The van der Waals surface area contributed by atoms with Gasteiger partial charge < -0.3 is 5.73 Å². The van der Waals surface area contributed by atoms with Crippen molar-refractivity contribution in [2.24, 2.45) is 0 Å². The second kappa shape index (κ2) is 7.30.